The molecule has 1 saturated heterocycles. The molecule has 2 amide bonds. The minimum Gasteiger partial charge on any atom is -0.372 e. The number of benzene rings is 1. The zero-order valence-corrected chi connectivity index (χ0v) is 21.8. The van der Waals surface area contributed by atoms with Gasteiger partial charge in [0.1, 0.15) is 23.4 Å². The molecule has 2 aliphatic rings. The predicted octanol–water partition coefficient (Wildman–Crippen LogP) is 4.43. The highest BCUT2D eigenvalue weighted by Gasteiger charge is 2.42. The van der Waals surface area contributed by atoms with Gasteiger partial charge in [-0.1, -0.05) is 11.6 Å². The van der Waals surface area contributed by atoms with Gasteiger partial charge < -0.3 is 14.5 Å². The molecule has 204 valence electrons. The van der Waals surface area contributed by atoms with Gasteiger partial charge in [-0.2, -0.15) is 18.3 Å². The highest BCUT2D eigenvalue weighted by atomic mass is 35.5. The van der Waals surface area contributed by atoms with Crippen molar-refractivity contribution in [2.45, 2.75) is 51.6 Å². The monoisotopic (exact) mass is 555 g/mol. The number of morpholine rings is 1. The maximum absolute atomic E-state index is 13.7. The van der Waals surface area contributed by atoms with E-state index in [0.29, 0.717) is 13.1 Å². The molecule has 1 aromatic carbocycles. The molecule has 4 rings (SSSR count). The molecule has 0 radical (unpaired) electrons. The molecule has 1 fully saturated rings. The molecule has 3 heterocycles. The van der Waals surface area contributed by atoms with E-state index in [1.54, 1.807) is 4.90 Å². The van der Waals surface area contributed by atoms with Crippen LogP contribution in [0.2, 0.25) is 5.02 Å². The SMILES string of the molecule is Cc1cc(C(F)(F)F)cc(N2N=C(C(=O)N3C[C@@H](C)O[C@@H](C)C3)CC2C(=O)N(C)c2ccc(F)c(Cl)c2)n1. The Hall–Kier alpha value is -3.25. The summed E-state index contributed by atoms with van der Waals surface area (Å²) in [6, 6.07) is 4.18. The van der Waals surface area contributed by atoms with Crippen LogP contribution in [0.4, 0.5) is 29.1 Å². The third-order valence-electron chi connectivity index (χ3n) is 6.27. The molecule has 0 N–H and O–H groups in total. The minimum atomic E-state index is -4.66. The third kappa shape index (κ3) is 5.75. The van der Waals surface area contributed by atoms with Crippen molar-refractivity contribution in [2.75, 3.05) is 30.0 Å². The lowest BCUT2D eigenvalue weighted by atomic mass is 10.1. The molecule has 38 heavy (non-hydrogen) atoms. The average molecular weight is 556 g/mol. The maximum atomic E-state index is 13.7. The molecule has 13 heteroatoms. The first-order chi connectivity index (χ1) is 17.7. The Bertz CT molecular complexity index is 1280. The van der Waals surface area contributed by atoms with E-state index in [9.17, 15) is 27.2 Å². The number of rotatable bonds is 4. The van der Waals surface area contributed by atoms with Gasteiger partial charge in [-0.25, -0.2) is 14.4 Å². The van der Waals surface area contributed by atoms with E-state index in [4.69, 9.17) is 16.3 Å². The quantitative estimate of drug-likeness (QED) is 0.522. The smallest absolute Gasteiger partial charge is 0.372 e. The molecule has 2 aromatic rings. The van der Waals surface area contributed by atoms with Gasteiger partial charge in [0, 0.05) is 37.9 Å². The third-order valence-corrected chi connectivity index (χ3v) is 6.56. The Labute approximate surface area is 221 Å². The summed E-state index contributed by atoms with van der Waals surface area (Å²) in [5, 5.41) is 5.16. The number of likely N-dealkylation sites (N-methyl/N-ethyl adjacent to an activating group) is 1. The molecule has 8 nitrogen and oxygen atoms in total. The van der Waals surface area contributed by atoms with Gasteiger partial charge in [0.05, 0.1) is 22.8 Å². The lowest BCUT2D eigenvalue weighted by Crippen LogP contribution is -2.50. The number of alkyl halides is 3. The van der Waals surface area contributed by atoms with Crippen molar-refractivity contribution in [3.63, 3.8) is 0 Å². The summed E-state index contributed by atoms with van der Waals surface area (Å²) in [5.41, 5.74) is -0.640. The average Bonchev–Trinajstić information content (AvgIpc) is 3.28. The second-order valence-corrected chi connectivity index (χ2v) is 9.83. The summed E-state index contributed by atoms with van der Waals surface area (Å²) in [6.07, 6.45) is -5.28. The standard InChI is InChI=1S/C25H26ClF4N5O3/c1-13-7-16(25(28,29)30)8-22(31-13)35-21(24(37)33(4)17-5-6-19(27)18(26)9-17)10-20(32-35)23(36)34-11-14(2)38-15(3)12-34/h5-9,14-15,21H,10-12H2,1-4H3/t14-,15+,21?. The first-order valence-corrected chi connectivity index (χ1v) is 12.2. The van der Waals surface area contributed by atoms with Crippen LogP contribution in [0.1, 0.15) is 31.5 Å². The molecular formula is C25H26ClF4N5O3. The van der Waals surface area contributed by atoms with Crippen molar-refractivity contribution in [3.8, 4) is 0 Å². The second kappa shape index (κ2) is 10.5. The van der Waals surface area contributed by atoms with Crippen LogP contribution >= 0.6 is 11.6 Å². The maximum Gasteiger partial charge on any atom is 0.416 e. The molecule has 0 saturated carbocycles. The first-order valence-electron chi connectivity index (χ1n) is 11.8. The van der Waals surface area contributed by atoms with Gasteiger partial charge in [-0.3, -0.25) is 9.59 Å². The molecule has 0 spiro atoms. The van der Waals surface area contributed by atoms with Gasteiger partial charge >= 0.3 is 6.18 Å². The summed E-state index contributed by atoms with van der Waals surface area (Å²) < 4.78 is 60.0. The van der Waals surface area contributed by atoms with Gasteiger partial charge in [0.15, 0.2) is 0 Å². The number of hydrogen-bond donors (Lipinski definition) is 0. The van der Waals surface area contributed by atoms with Crippen molar-refractivity contribution in [3.05, 3.63) is 52.4 Å². The number of amides is 2. The van der Waals surface area contributed by atoms with Crippen LogP contribution in [0.15, 0.2) is 35.4 Å². The number of aryl methyl sites for hydroxylation is 1. The van der Waals surface area contributed by atoms with E-state index in [2.05, 4.69) is 10.1 Å². The van der Waals surface area contributed by atoms with Crippen LogP contribution in [-0.4, -0.2) is 65.8 Å². The van der Waals surface area contributed by atoms with Crippen molar-refractivity contribution < 1.29 is 31.9 Å². The van der Waals surface area contributed by atoms with Crippen LogP contribution in [0.25, 0.3) is 0 Å². The summed E-state index contributed by atoms with van der Waals surface area (Å²) >= 11 is 5.88. The summed E-state index contributed by atoms with van der Waals surface area (Å²) in [6.45, 7) is 5.64. The van der Waals surface area contributed by atoms with Crippen molar-refractivity contribution in [1.82, 2.24) is 9.88 Å². The predicted molar refractivity (Wildman–Crippen MR) is 134 cm³/mol. The summed E-state index contributed by atoms with van der Waals surface area (Å²) in [4.78, 5) is 33.9. The van der Waals surface area contributed by atoms with Gasteiger partial charge in [0.25, 0.3) is 11.8 Å². The molecule has 2 aliphatic heterocycles. The largest absolute Gasteiger partial charge is 0.416 e. The van der Waals surface area contributed by atoms with Crippen LogP contribution in [-0.2, 0) is 20.5 Å². The molecule has 3 atom stereocenters. The van der Waals surface area contributed by atoms with E-state index in [-0.39, 0.29) is 46.6 Å². The fraction of sp³-hybridized carbons (Fsp3) is 0.440. The fourth-order valence-electron chi connectivity index (χ4n) is 4.55. The van der Waals surface area contributed by atoms with Crippen LogP contribution in [0, 0.1) is 12.7 Å². The number of nitrogens with zero attached hydrogens (tertiary/aromatic N) is 5. The number of aromatic nitrogens is 1. The molecule has 0 aliphatic carbocycles. The molecule has 1 unspecified atom stereocenters. The van der Waals surface area contributed by atoms with E-state index < -0.39 is 35.4 Å². The van der Waals surface area contributed by atoms with Crippen LogP contribution in [0.3, 0.4) is 0 Å². The summed E-state index contributed by atoms with van der Waals surface area (Å²) in [5.74, 6) is -1.94. The van der Waals surface area contributed by atoms with E-state index in [0.717, 1.165) is 23.2 Å². The Morgan fingerprint density at radius 2 is 1.79 bits per heavy atom. The van der Waals surface area contributed by atoms with E-state index >= 15 is 0 Å². The Balaban J connectivity index is 1.72. The number of anilines is 2. The minimum absolute atomic E-state index is 0.00653. The van der Waals surface area contributed by atoms with Crippen molar-refractivity contribution >= 4 is 40.6 Å². The van der Waals surface area contributed by atoms with Crippen LogP contribution in [0.5, 0.6) is 0 Å². The molecule has 1 aromatic heterocycles. The second-order valence-electron chi connectivity index (χ2n) is 9.43. The van der Waals surface area contributed by atoms with Crippen molar-refractivity contribution in [1.29, 1.82) is 0 Å². The normalized spacial score (nSPS) is 21.9. The highest BCUT2D eigenvalue weighted by molar-refractivity contribution is 6.40. The Kier molecular flexibility index (Phi) is 7.67. The Morgan fingerprint density at radius 3 is 2.39 bits per heavy atom. The van der Waals surface area contributed by atoms with E-state index in [1.807, 2.05) is 13.8 Å². The van der Waals surface area contributed by atoms with Crippen molar-refractivity contribution in [2.24, 2.45) is 5.10 Å². The number of carbonyl (C=O) groups excluding carboxylic acids is 2. The number of halogens is 5. The Morgan fingerprint density at radius 1 is 1.13 bits per heavy atom. The topological polar surface area (TPSA) is 78.3 Å². The van der Waals surface area contributed by atoms with Gasteiger partial charge in [-0.05, 0) is 51.1 Å². The lowest BCUT2D eigenvalue weighted by Gasteiger charge is -2.35. The number of pyridine rings is 1. The number of hydrogen-bond acceptors (Lipinski definition) is 6. The first kappa shape index (κ1) is 27.8. The highest BCUT2D eigenvalue weighted by Crippen LogP contribution is 2.34. The molecular weight excluding hydrogens is 530 g/mol. The number of ether oxygens (including phenoxy) is 1. The fourth-order valence-corrected chi connectivity index (χ4v) is 4.72. The molecule has 0 bridgehead atoms. The van der Waals surface area contributed by atoms with Crippen LogP contribution < -0.4 is 9.91 Å². The summed E-state index contributed by atoms with van der Waals surface area (Å²) in [7, 11) is 1.42. The van der Waals surface area contributed by atoms with Gasteiger partial charge in [-0.15, -0.1) is 0 Å². The van der Waals surface area contributed by atoms with Gasteiger partial charge in [0.2, 0.25) is 0 Å². The zero-order chi connectivity index (χ0) is 27.9. The zero-order valence-electron chi connectivity index (χ0n) is 21.1. The van der Waals surface area contributed by atoms with E-state index in [1.165, 1.54) is 31.0 Å². The number of hydrazone groups is 1. The number of carbonyl (C=O) groups is 2. The lowest BCUT2D eigenvalue weighted by molar-refractivity contribution is -0.137.